The molecular formula is C9H5N5O6. The van der Waals surface area contributed by atoms with Gasteiger partial charge in [-0.1, -0.05) is 4.98 Å². The Balaban J connectivity index is 2.57. The predicted octanol–water partition coefficient (Wildman–Crippen LogP) is 0.782. The molecule has 11 nitrogen and oxygen atoms in total. The molecule has 2 aromatic rings. The Morgan fingerprint density at radius 3 is 2.45 bits per heavy atom. The lowest BCUT2D eigenvalue weighted by atomic mass is 10.1. The summed E-state index contributed by atoms with van der Waals surface area (Å²) in [6.07, 6.45) is 0.950. The zero-order valence-corrected chi connectivity index (χ0v) is 9.53. The van der Waals surface area contributed by atoms with Crippen molar-refractivity contribution in [2.45, 2.75) is 0 Å². The van der Waals surface area contributed by atoms with E-state index < -0.39 is 33.0 Å². The van der Waals surface area contributed by atoms with E-state index in [2.05, 4.69) is 10.1 Å². The minimum Gasteiger partial charge on any atom is -0.478 e. The third-order valence-corrected chi connectivity index (χ3v) is 2.31. The van der Waals surface area contributed by atoms with E-state index in [0.29, 0.717) is 0 Å². The first-order valence-corrected chi connectivity index (χ1v) is 4.98. The number of rotatable bonds is 4. The Kier molecular flexibility index (Phi) is 3.08. The fourth-order valence-electron chi connectivity index (χ4n) is 1.46. The molecule has 1 N–H and O–H groups in total. The van der Waals surface area contributed by atoms with Gasteiger partial charge in [0, 0.05) is 17.2 Å². The van der Waals surface area contributed by atoms with Gasteiger partial charge >= 0.3 is 11.9 Å². The summed E-state index contributed by atoms with van der Waals surface area (Å²) in [5, 5.41) is 33.6. The predicted molar refractivity (Wildman–Crippen MR) is 61.6 cm³/mol. The van der Waals surface area contributed by atoms with E-state index in [-0.39, 0.29) is 5.69 Å². The molecule has 2 rings (SSSR count). The summed E-state index contributed by atoms with van der Waals surface area (Å²) in [7, 11) is 0. The molecule has 0 fully saturated rings. The number of aromatic nitrogens is 3. The average molecular weight is 279 g/mol. The van der Waals surface area contributed by atoms with Crippen molar-refractivity contribution in [2.75, 3.05) is 0 Å². The van der Waals surface area contributed by atoms with E-state index in [1.54, 1.807) is 0 Å². The van der Waals surface area contributed by atoms with Crippen LogP contribution in [0.3, 0.4) is 0 Å². The van der Waals surface area contributed by atoms with Gasteiger partial charge in [-0.2, -0.15) is 0 Å². The van der Waals surface area contributed by atoms with E-state index in [0.717, 1.165) is 29.2 Å². The maximum absolute atomic E-state index is 11.1. The second kappa shape index (κ2) is 4.72. The summed E-state index contributed by atoms with van der Waals surface area (Å²) in [4.78, 5) is 33.9. The lowest BCUT2D eigenvalue weighted by Gasteiger charge is -2.02. The number of hydrogen-bond donors (Lipinski definition) is 1. The van der Waals surface area contributed by atoms with Gasteiger partial charge in [-0.15, -0.1) is 4.68 Å². The number of carbonyl (C=O) groups is 1. The van der Waals surface area contributed by atoms with E-state index in [1.165, 1.54) is 0 Å². The maximum Gasteiger partial charge on any atom is 0.491 e. The molecule has 0 unspecified atom stereocenters. The number of non-ortho nitro benzene ring substituents is 1. The van der Waals surface area contributed by atoms with Crippen LogP contribution >= 0.6 is 0 Å². The molecule has 20 heavy (non-hydrogen) atoms. The van der Waals surface area contributed by atoms with Crippen LogP contribution < -0.4 is 0 Å². The fraction of sp³-hybridized carbons (Fsp3) is 0. The Hall–Kier alpha value is -3.37. The van der Waals surface area contributed by atoms with Crippen molar-refractivity contribution in [3.63, 3.8) is 0 Å². The van der Waals surface area contributed by atoms with E-state index in [4.69, 9.17) is 5.11 Å². The molecule has 0 bridgehead atoms. The summed E-state index contributed by atoms with van der Waals surface area (Å²) in [5.41, 5.74) is -0.900. The van der Waals surface area contributed by atoms with E-state index in [1.807, 2.05) is 0 Å². The van der Waals surface area contributed by atoms with Crippen molar-refractivity contribution in [1.29, 1.82) is 0 Å². The van der Waals surface area contributed by atoms with Crippen molar-refractivity contribution >= 4 is 17.6 Å². The van der Waals surface area contributed by atoms with Crippen LogP contribution in [0.15, 0.2) is 24.5 Å². The summed E-state index contributed by atoms with van der Waals surface area (Å²) in [6, 6.07) is 3.03. The Bertz CT molecular complexity index is 723. The molecule has 1 aromatic heterocycles. The SMILES string of the molecule is O=C(O)c1cc([N+](=O)[O-])ccc1-n1cnc([N+](=O)[O-])n1. The molecule has 0 aliphatic carbocycles. The first kappa shape index (κ1) is 13.1. The largest absolute Gasteiger partial charge is 0.491 e. The molecule has 0 saturated heterocycles. The number of hydrogen-bond acceptors (Lipinski definition) is 7. The molecule has 0 aliphatic heterocycles. The Labute approximate surface area is 109 Å². The molecule has 0 saturated carbocycles. The minimum absolute atomic E-state index is 0.0660. The van der Waals surface area contributed by atoms with Crippen LogP contribution in [0.25, 0.3) is 5.69 Å². The second-order valence-electron chi connectivity index (χ2n) is 3.51. The molecule has 1 aromatic carbocycles. The molecular weight excluding hydrogens is 274 g/mol. The number of carboxylic acids is 1. The zero-order chi connectivity index (χ0) is 14.9. The van der Waals surface area contributed by atoms with Crippen LogP contribution in [0.4, 0.5) is 11.6 Å². The highest BCUT2D eigenvalue weighted by atomic mass is 16.6. The smallest absolute Gasteiger partial charge is 0.478 e. The normalized spacial score (nSPS) is 10.2. The van der Waals surface area contributed by atoms with Gasteiger partial charge in [0.25, 0.3) is 5.69 Å². The van der Waals surface area contributed by atoms with Crippen LogP contribution in [0.1, 0.15) is 10.4 Å². The molecule has 0 aliphatic rings. The van der Waals surface area contributed by atoms with Gasteiger partial charge in [0.1, 0.15) is 0 Å². The first-order valence-electron chi connectivity index (χ1n) is 4.98. The number of aromatic carboxylic acids is 1. The quantitative estimate of drug-likeness (QED) is 0.635. The zero-order valence-electron chi connectivity index (χ0n) is 9.53. The van der Waals surface area contributed by atoms with Gasteiger partial charge in [-0.3, -0.25) is 10.1 Å². The number of carboxylic acid groups (broad SMARTS) is 1. The summed E-state index contributed by atoms with van der Waals surface area (Å²) >= 11 is 0. The van der Waals surface area contributed by atoms with Crippen molar-refractivity contribution in [3.8, 4) is 5.69 Å². The van der Waals surface area contributed by atoms with E-state index >= 15 is 0 Å². The standard InChI is InChI=1S/C9H5N5O6/c15-8(16)6-3-5(13(17)18)1-2-7(6)12-4-10-9(11-12)14(19)20/h1-4H,(H,15,16). The highest BCUT2D eigenvalue weighted by Crippen LogP contribution is 2.21. The minimum atomic E-state index is -1.43. The number of benzene rings is 1. The molecule has 11 heteroatoms. The van der Waals surface area contributed by atoms with Gasteiger partial charge in [0.2, 0.25) is 6.33 Å². The van der Waals surface area contributed by atoms with Crippen LogP contribution in [-0.4, -0.2) is 35.7 Å². The van der Waals surface area contributed by atoms with Crippen molar-refractivity contribution in [3.05, 3.63) is 50.3 Å². The lowest BCUT2D eigenvalue weighted by molar-refractivity contribution is -0.394. The summed E-state index contributed by atoms with van der Waals surface area (Å²) in [6.45, 7) is 0. The average Bonchev–Trinajstić information content (AvgIpc) is 2.87. The van der Waals surface area contributed by atoms with Crippen LogP contribution in [0, 0.1) is 20.2 Å². The fourth-order valence-corrected chi connectivity index (χ4v) is 1.46. The summed E-state index contributed by atoms with van der Waals surface area (Å²) in [5.74, 6) is -2.14. The van der Waals surface area contributed by atoms with Crippen molar-refractivity contribution in [1.82, 2.24) is 14.8 Å². The monoisotopic (exact) mass is 279 g/mol. The number of nitro benzene ring substituents is 1. The van der Waals surface area contributed by atoms with Crippen LogP contribution in [0.5, 0.6) is 0 Å². The lowest BCUT2D eigenvalue weighted by Crippen LogP contribution is -2.07. The molecule has 1 heterocycles. The second-order valence-corrected chi connectivity index (χ2v) is 3.51. The molecule has 102 valence electrons. The van der Waals surface area contributed by atoms with Gasteiger partial charge < -0.3 is 15.2 Å². The van der Waals surface area contributed by atoms with Gasteiger partial charge in [-0.25, -0.2) is 4.79 Å². The van der Waals surface area contributed by atoms with Crippen molar-refractivity contribution in [2.24, 2.45) is 0 Å². The molecule has 0 atom stereocenters. The number of nitro groups is 2. The maximum atomic E-state index is 11.1. The Morgan fingerprint density at radius 1 is 1.25 bits per heavy atom. The van der Waals surface area contributed by atoms with Crippen molar-refractivity contribution < 1.29 is 19.7 Å². The Morgan fingerprint density at radius 2 is 1.95 bits per heavy atom. The van der Waals surface area contributed by atoms with Gasteiger partial charge in [0.05, 0.1) is 16.2 Å². The summed E-state index contributed by atoms with van der Waals surface area (Å²) < 4.78 is 0.866. The molecule has 0 amide bonds. The molecule has 0 spiro atoms. The topological polar surface area (TPSA) is 154 Å². The van der Waals surface area contributed by atoms with E-state index in [9.17, 15) is 25.0 Å². The first-order chi connectivity index (χ1) is 9.40. The highest BCUT2D eigenvalue weighted by Gasteiger charge is 2.21. The third-order valence-electron chi connectivity index (χ3n) is 2.31. The van der Waals surface area contributed by atoms with Gasteiger partial charge in [-0.05, 0) is 11.0 Å². The third kappa shape index (κ3) is 2.27. The van der Waals surface area contributed by atoms with Crippen LogP contribution in [0.2, 0.25) is 0 Å². The van der Waals surface area contributed by atoms with Crippen LogP contribution in [-0.2, 0) is 0 Å². The molecule has 0 radical (unpaired) electrons. The highest BCUT2D eigenvalue weighted by molar-refractivity contribution is 5.92. The number of nitrogens with zero attached hydrogens (tertiary/aromatic N) is 5. The van der Waals surface area contributed by atoms with Gasteiger partial charge in [0.15, 0.2) is 0 Å².